The summed E-state index contributed by atoms with van der Waals surface area (Å²) < 4.78 is 28.1. The van der Waals surface area contributed by atoms with Crippen LogP contribution in [0.1, 0.15) is 5.56 Å². The number of H-pyrrole nitrogens is 1. The number of aromatic amines is 1. The van der Waals surface area contributed by atoms with Crippen LogP contribution in [-0.2, 0) is 0 Å². The summed E-state index contributed by atoms with van der Waals surface area (Å²) in [4.78, 5) is 2.61. The van der Waals surface area contributed by atoms with Gasteiger partial charge in [0.25, 0.3) is 6.43 Å². The maximum Gasteiger partial charge on any atom is 0.272 e. The molecular weight excluding hydrogens is 188 g/mol. The molecule has 0 atom stereocenters. The normalized spacial score (nSPS) is 10.8. The lowest BCUT2D eigenvalue weighted by Crippen LogP contribution is -2.07. The number of rotatable bonds is 3. The van der Waals surface area contributed by atoms with Gasteiger partial charge in [-0.25, -0.2) is 8.78 Å². The molecular formula is C7H8ClF2NO. The Labute approximate surface area is 73.5 Å². The lowest BCUT2D eigenvalue weighted by Gasteiger charge is -2.02. The van der Waals surface area contributed by atoms with E-state index >= 15 is 0 Å². The van der Waals surface area contributed by atoms with Crippen LogP contribution in [0.15, 0.2) is 6.07 Å². The molecule has 0 saturated heterocycles. The summed E-state index contributed by atoms with van der Waals surface area (Å²) in [5.74, 6) is 0.306. The number of aromatic nitrogens is 1. The third kappa shape index (κ3) is 2.37. The van der Waals surface area contributed by atoms with Crippen LogP contribution in [-0.4, -0.2) is 18.0 Å². The zero-order valence-corrected chi connectivity index (χ0v) is 7.16. The van der Waals surface area contributed by atoms with Gasteiger partial charge in [0.1, 0.15) is 5.15 Å². The number of halogens is 3. The third-order valence-corrected chi connectivity index (χ3v) is 1.49. The van der Waals surface area contributed by atoms with E-state index in [0.717, 1.165) is 5.56 Å². The molecule has 0 saturated carbocycles. The monoisotopic (exact) mass is 195 g/mol. The van der Waals surface area contributed by atoms with E-state index in [2.05, 4.69) is 4.98 Å². The Morgan fingerprint density at radius 3 is 2.75 bits per heavy atom. The van der Waals surface area contributed by atoms with Gasteiger partial charge in [-0.2, -0.15) is 0 Å². The lowest BCUT2D eigenvalue weighted by molar-refractivity contribution is 0.0795. The van der Waals surface area contributed by atoms with Crippen molar-refractivity contribution in [3.8, 4) is 5.88 Å². The minimum absolute atomic E-state index is 0.306. The maximum absolute atomic E-state index is 11.7. The molecule has 0 aliphatic carbocycles. The fourth-order valence-corrected chi connectivity index (χ4v) is 1.04. The predicted octanol–water partition coefficient (Wildman–Crippen LogP) is 2.62. The number of hydrogen-bond donors (Lipinski definition) is 1. The van der Waals surface area contributed by atoms with Crippen molar-refractivity contribution in [1.29, 1.82) is 0 Å². The fourth-order valence-electron chi connectivity index (χ4n) is 0.795. The Morgan fingerprint density at radius 2 is 2.33 bits per heavy atom. The first-order chi connectivity index (χ1) is 5.59. The van der Waals surface area contributed by atoms with Crippen molar-refractivity contribution in [3.63, 3.8) is 0 Å². The molecule has 0 radical (unpaired) electrons. The van der Waals surface area contributed by atoms with Crippen LogP contribution < -0.4 is 4.74 Å². The van der Waals surface area contributed by atoms with Gasteiger partial charge in [0.15, 0.2) is 12.5 Å². The van der Waals surface area contributed by atoms with Crippen LogP contribution in [0.25, 0.3) is 0 Å². The van der Waals surface area contributed by atoms with Gasteiger partial charge in [-0.3, -0.25) is 0 Å². The Morgan fingerprint density at radius 1 is 1.67 bits per heavy atom. The van der Waals surface area contributed by atoms with Crippen LogP contribution in [0.4, 0.5) is 8.78 Å². The van der Waals surface area contributed by atoms with Crippen molar-refractivity contribution in [2.24, 2.45) is 0 Å². The maximum atomic E-state index is 11.7. The molecule has 0 aliphatic heterocycles. The van der Waals surface area contributed by atoms with E-state index < -0.39 is 13.0 Å². The second kappa shape index (κ2) is 3.76. The zero-order chi connectivity index (χ0) is 9.14. The highest BCUT2D eigenvalue weighted by molar-refractivity contribution is 6.29. The van der Waals surface area contributed by atoms with Gasteiger partial charge < -0.3 is 9.72 Å². The van der Waals surface area contributed by atoms with E-state index in [-0.39, 0.29) is 0 Å². The summed E-state index contributed by atoms with van der Waals surface area (Å²) in [5.41, 5.74) is 0.723. The van der Waals surface area contributed by atoms with Crippen LogP contribution in [0.5, 0.6) is 5.88 Å². The van der Waals surface area contributed by atoms with E-state index in [1.54, 1.807) is 13.0 Å². The van der Waals surface area contributed by atoms with E-state index in [0.29, 0.717) is 11.0 Å². The van der Waals surface area contributed by atoms with Gasteiger partial charge in [0, 0.05) is 5.56 Å². The second-order valence-electron chi connectivity index (χ2n) is 2.33. The quantitative estimate of drug-likeness (QED) is 0.788. The molecule has 0 unspecified atom stereocenters. The van der Waals surface area contributed by atoms with Crippen molar-refractivity contribution < 1.29 is 13.5 Å². The molecule has 2 nitrogen and oxygen atoms in total. The molecule has 1 rings (SSSR count). The Bertz CT molecular complexity index is 262. The molecule has 0 amide bonds. The van der Waals surface area contributed by atoms with E-state index in [9.17, 15) is 8.78 Å². The van der Waals surface area contributed by atoms with Gasteiger partial charge in [-0.05, 0) is 13.0 Å². The molecule has 0 spiro atoms. The average molecular weight is 196 g/mol. The zero-order valence-electron chi connectivity index (χ0n) is 6.40. The Kier molecular flexibility index (Phi) is 2.92. The van der Waals surface area contributed by atoms with E-state index in [1.165, 1.54) is 0 Å². The smallest absolute Gasteiger partial charge is 0.272 e. The SMILES string of the molecule is Cc1cc(Cl)[nH]c1OCC(F)F. The molecule has 0 aliphatic rings. The molecule has 1 aromatic heterocycles. The molecule has 1 N–H and O–H groups in total. The first-order valence-electron chi connectivity index (χ1n) is 3.35. The van der Waals surface area contributed by atoms with Crippen molar-refractivity contribution in [1.82, 2.24) is 4.98 Å². The topological polar surface area (TPSA) is 25.0 Å². The molecule has 0 aromatic carbocycles. The van der Waals surface area contributed by atoms with Crippen molar-refractivity contribution in [3.05, 3.63) is 16.8 Å². The number of ether oxygens (including phenoxy) is 1. The molecule has 5 heteroatoms. The molecule has 1 aromatic rings. The minimum atomic E-state index is -2.47. The first-order valence-corrected chi connectivity index (χ1v) is 3.73. The summed E-state index contributed by atoms with van der Waals surface area (Å²) in [7, 11) is 0. The van der Waals surface area contributed by atoms with Crippen molar-refractivity contribution in [2.45, 2.75) is 13.3 Å². The molecule has 68 valence electrons. The van der Waals surface area contributed by atoms with Gasteiger partial charge in [-0.15, -0.1) is 0 Å². The highest BCUT2D eigenvalue weighted by atomic mass is 35.5. The van der Waals surface area contributed by atoms with Gasteiger partial charge in [0.2, 0.25) is 0 Å². The fraction of sp³-hybridized carbons (Fsp3) is 0.429. The summed E-state index contributed by atoms with van der Waals surface area (Å²) in [6.45, 7) is 1.11. The van der Waals surface area contributed by atoms with Gasteiger partial charge in [0.05, 0.1) is 0 Å². The second-order valence-corrected chi connectivity index (χ2v) is 2.74. The largest absolute Gasteiger partial charge is 0.473 e. The summed E-state index contributed by atoms with van der Waals surface area (Å²) in [6.07, 6.45) is -2.47. The van der Waals surface area contributed by atoms with Crippen LogP contribution >= 0.6 is 11.6 Å². The van der Waals surface area contributed by atoms with Gasteiger partial charge >= 0.3 is 0 Å². The van der Waals surface area contributed by atoms with E-state index in [4.69, 9.17) is 16.3 Å². The van der Waals surface area contributed by atoms with Gasteiger partial charge in [-0.1, -0.05) is 11.6 Å². The predicted molar refractivity (Wildman–Crippen MR) is 42.0 cm³/mol. The van der Waals surface area contributed by atoms with Crippen LogP contribution in [0.2, 0.25) is 5.15 Å². The number of aryl methyl sites for hydroxylation is 1. The summed E-state index contributed by atoms with van der Waals surface area (Å²) in [6, 6.07) is 1.61. The third-order valence-electron chi connectivity index (χ3n) is 1.29. The molecule has 0 fully saturated rings. The Balaban J connectivity index is 2.57. The molecule has 12 heavy (non-hydrogen) atoms. The molecule has 1 heterocycles. The lowest BCUT2D eigenvalue weighted by atomic mass is 10.4. The minimum Gasteiger partial charge on any atom is -0.473 e. The summed E-state index contributed by atoms with van der Waals surface area (Å²) >= 11 is 5.56. The van der Waals surface area contributed by atoms with Crippen LogP contribution in [0.3, 0.4) is 0 Å². The number of alkyl halides is 2. The highest BCUT2D eigenvalue weighted by Gasteiger charge is 2.07. The first kappa shape index (κ1) is 9.32. The number of hydrogen-bond acceptors (Lipinski definition) is 1. The van der Waals surface area contributed by atoms with Crippen LogP contribution in [0, 0.1) is 6.92 Å². The van der Waals surface area contributed by atoms with E-state index in [1.807, 2.05) is 0 Å². The standard InChI is InChI=1S/C7H8ClF2NO/c1-4-2-5(8)11-7(4)12-3-6(9)10/h2,6,11H,3H2,1H3. The summed E-state index contributed by atoms with van der Waals surface area (Å²) in [5, 5.41) is 0.386. The molecule has 0 bridgehead atoms. The van der Waals surface area contributed by atoms with Crippen molar-refractivity contribution in [2.75, 3.05) is 6.61 Å². The van der Waals surface area contributed by atoms with Crippen molar-refractivity contribution >= 4 is 11.6 Å². The Hall–Kier alpha value is -0.770. The number of nitrogens with one attached hydrogen (secondary N) is 1. The average Bonchev–Trinajstić information content (AvgIpc) is 2.26. The highest BCUT2D eigenvalue weighted by Crippen LogP contribution is 2.21.